The molecule has 0 saturated carbocycles. The summed E-state index contributed by atoms with van der Waals surface area (Å²) < 4.78 is 8.55. The molecule has 0 heterocycles. The Bertz CT molecular complexity index is 118. The maximum Gasteiger partial charge on any atom is 3.00 e. The number of carbonyl (C=O) groups is 1. The zero-order valence-electron chi connectivity index (χ0n) is 5.55. The number of carbonyl (C=O) groups excluding carboxylic acids is 1. The molecule has 0 aromatic carbocycles. The Morgan fingerprint density at radius 1 is 1.18 bits per heavy atom. The van der Waals surface area contributed by atoms with E-state index in [0.29, 0.717) is 0 Å². The van der Waals surface area contributed by atoms with Gasteiger partial charge in [0.1, 0.15) is 0 Å². The van der Waals surface area contributed by atoms with E-state index in [0.717, 1.165) is 6.92 Å². The van der Waals surface area contributed by atoms with Gasteiger partial charge in [0.15, 0.2) is 0 Å². The van der Waals surface area contributed by atoms with Crippen molar-refractivity contribution in [2.24, 2.45) is 0 Å². The summed E-state index contributed by atoms with van der Waals surface area (Å²) in [4.78, 5) is 34.5. The van der Waals surface area contributed by atoms with Crippen LogP contribution in [0.15, 0.2) is 0 Å². The average molecular weight is 432 g/mol. The minimum absolute atomic E-state index is 0. The minimum Gasteiger partial charge on any atom is -0.822 e. The van der Waals surface area contributed by atoms with Crippen LogP contribution in [0.5, 0.6) is 0 Å². The van der Waals surface area contributed by atoms with Crippen molar-refractivity contribution in [3.8, 4) is 0 Å². The number of hydrogen-bond acceptors (Lipinski definition) is 6. The number of carboxylic acid groups (broad SMARTS) is 1. The fourth-order valence-electron chi connectivity index (χ4n) is 0. The van der Waals surface area contributed by atoms with Crippen LogP contribution in [0.3, 0.4) is 0 Å². The smallest absolute Gasteiger partial charge is 0.822 e. The Kier molecular flexibility index (Phi) is 25.1. The Balaban J connectivity index is -0.0000000383. The van der Waals surface area contributed by atoms with Gasteiger partial charge in [-0.15, -0.1) is 0 Å². The van der Waals surface area contributed by atoms with Crippen molar-refractivity contribution in [3.63, 3.8) is 0 Å². The van der Waals surface area contributed by atoms with Gasteiger partial charge in [-0.05, 0) is 6.92 Å². The van der Waals surface area contributed by atoms with Crippen LogP contribution in [0.25, 0.3) is 0 Å². The van der Waals surface area contributed by atoms with E-state index in [2.05, 4.69) is 0 Å². The quantitative estimate of drug-likeness (QED) is 0.359. The number of hydrogen-bond donors (Lipinski definition) is 0. The van der Waals surface area contributed by atoms with E-state index in [1.807, 2.05) is 0 Å². The predicted octanol–water partition coefficient (Wildman–Crippen LogP) is -4.07. The van der Waals surface area contributed by atoms with Crippen LogP contribution in [-0.2, 0) is 9.36 Å². The van der Waals surface area contributed by atoms with E-state index in [9.17, 15) is 0 Å². The van der Waals surface area contributed by atoms with E-state index in [1.54, 1.807) is 0 Å². The standard InChI is InChI=1S/C2H4O2.2La.H3O4P/c1-2(3)4;;;1-5(2,3)4/h1H3,(H,3,4);;;(H3,1,2,3,4)/q;2*+3;/p-4. The second-order valence-electron chi connectivity index (χ2n) is 0.939. The molecule has 9 heteroatoms. The summed E-state index contributed by atoms with van der Waals surface area (Å²) in [7, 11) is -5.39. The third-order valence-electron chi connectivity index (χ3n) is 0. The summed E-state index contributed by atoms with van der Waals surface area (Å²) in [5.41, 5.74) is 0. The van der Waals surface area contributed by atoms with Gasteiger partial charge in [-0.1, -0.05) is 0 Å². The first-order valence-electron chi connectivity index (χ1n) is 1.64. The van der Waals surface area contributed by atoms with Gasteiger partial charge >= 0.3 is 71.2 Å². The first-order valence-corrected chi connectivity index (χ1v) is 3.10. The number of aliphatic carboxylic acids is 1. The molecule has 0 aromatic rings. The summed E-state index contributed by atoms with van der Waals surface area (Å²) >= 11 is 0. The van der Waals surface area contributed by atoms with Crippen molar-refractivity contribution in [2.75, 3.05) is 0 Å². The van der Waals surface area contributed by atoms with E-state index >= 15 is 0 Å². The molecule has 0 N–H and O–H groups in total. The molecule has 0 unspecified atom stereocenters. The summed E-state index contributed by atoms with van der Waals surface area (Å²) in [6.07, 6.45) is 0. The molecule has 6 nitrogen and oxygen atoms in total. The molecule has 11 heavy (non-hydrogen) atoms. The van der Waals surface area contributed by atoms with Crippen molar-refractivity contribution in [3.05, 3.63) is 0 Å². The molecule has 0 rings (SSSR count). The molecule has 0 spiro atoms. The maximum atomic E-state index is 8.89. The van der Waals surface area contributed by atoms with Crippen LogP contribution >= 0.6 is 7.82 Å². The van der Waals surface area contributed by atoms with Crippen molar-refractivity contribution < 1.29 is 100 Å². The zero-order valence-corrected chi connectivity index (χ0v) is 13.7. The molecule has 56 valence electrons. The van der Waals surface area contributed by atoms with Crippen molar-refractivity contribution in [2.45, 2.75) is 6.92 Å². The van der Waals surface area contributed by atoms with Crippen LogP contribution in [0.4, 0.5) is 0 Å². The van der Waals surface area contributed by atoms with E-state index in [1.165, 1.54) is 0 Å². The fraction of sp³-hybridized carbons (Fsp3) is 0.500. The third kappa shape index (κ3) is 307. The van der Waals surface area contributed by atoms with Crippen molar-refractivity contribution in [1.29, 1.82) is 0 Å². The molecular formula is C2H3La2O6P+2. The van der Waals surface area contributed by atoms with Gasteiger partial charge in [0.2, 0.25) is 0 Å². The van der Waals surface area contributed by atoms with E-state index in [-0.39, 0.29) is 71.2 Å². The fourth-order valence-corrected chi connectivity index (χ4v) is 0. The Morgan fingerprint density at radius 2 is 1.18 bits per heavy atom. The summed E-state index contributed by atoms with van der Waals surface area (Å²) in [6.45, 7) is 0.972. The maximum absolute atomic E-state index is 8.89. The Labute approximate surface area is 119 Å². The monoisotopic (exact) mass is 432 g/mol. The number of carboxylic acids is 1. The molecule has 0 aliphatic rings. The van der Waals surface area contributed by atoms with Crippen LogP contribution in [-0.4, -0.2) is 5.97 Å². The van der Waals surface area contributed by atoms with E-state index in [4.69, 9.17) is 29.1 Å². The van der Waals surface area contributed by atoms with Gasteiger partial charge in [-0.2, -0.15) is 7.82 Å². The Morgan fingerprint density at radius 3 is 1.18 bits per heavy atom. The average Bonchev–Trinajstić information content (AvgIpc) is 1.19. The molecule has 0 aromatic heterocycles. The first kappa shape index (κ1) is 23.1. The summed E-state index contributed by atoms with van der Waals surface area (Å²) in [6, 6.07) is 0. The van der Waals surface area contributed by atoms with Gasteiger partial charge in [-0.25, -0.2) is 0 Å². The van der Waals surface area contributed by atoms with Gasteiger partial charge in [0.25, 0.3) is 0 Å². The van der Waals surface area contributed by atoms with E-state index < -0.39 is 13.8 Å². The zero-order chi connectivity index (χ0) is 8.08. The minimum atomic E-state index is -5.39. The summed E-state index contributed by atoms with van der Waals surface area (Å²) in [5.74, 6) is -1.08. The van der Waals surface area contributed by atoms with Crippen molar-refractivity contribution >= 4 is 13.8 Å². The molecule has 0 saturated heterocycles. The Hall–Kier alpha value is 1.97. The molecule has 0 amide bonds. The largest absolute Gasteiger partial charge is 3.00 e. The molecule has 0 atom stereocenters. The molecule has 0 fully saturated rings. The number of rotatable bonds is 0. The third-order valence-corrected chi connectivity index (χ3v) is 0. The second-order valence-corrected chi connectivity index (χ2v) is 1.83. The van der Waals surface area contributed by atoms with Gasteiger partial charge < -0.3 is 29.1 Å². The van der Waals surface area contributed by atoms with Crippen LogP contribution in [0.2, 0.25) is 0 Å². The molecular weight excluding hydrogens is 429 g/mol. The van der Waals surface area contributed by atoms with Crippen LogP contribution in [0.1, 0.15) is 6.92 Å². The topological polar surface area (TPSA) is 126 Å². The van der Waals surface area contributed by atoms with Gasteiger partial charge in [0, 0.05) is 5.97 Å². The van der Waals surface area contributed by atoms with Crippen LogP contribution < -0.4 is 19.8 Å². The first-order chi connectivity index (χ1) is 3.73. The second kappa shape index (κ2) is 12.0. The molecule has 0 aliphatic heterocycles. The van der Waals surface area contributed by atoms with Crippen molar-refractivity contribution in [1.82, 2.24) is 0 Å². The number of phosphoric acid groups is 1. The van der Waals surface area contributed by atoms with Crippen LogP contribution in [0, 0.1) is 71.2 Å². The SMILES string of the molecule is CC(=O)[O-].O=P([O-])([O-])[O-].[La+3].[La+3]. The molecule has 0 bridgehead atoms. The predicted molar refractivity (Wildman–Crippen MR) is 18.3 cm³/mol. The van der Waals surface area contributed by atoms with Gasteiger partial charge in [-0.3, -0.25) is 0 Å². The summed E-state index contributed by atoms with van der Waals surface area (Å²) in [5, 5.41) is 8.89. The normalized spacial score (nSPS) is 7.64. The molecule has 0 aliphatic carbocycles. The molecule has 0 radical (unpaired) electrons. The van der Waals surface area contributed by atoms with Gasteiger partial charge in [0.05, 0.1) is 0 Å².